The van der Waals surface area contributed by atoms with E-state index in [2.05, 4.69) is 48.5 Å². The Kier molecular flexibility index (Phi) is 7.09. The van der Waals surface area contributed by atoms with Gasteiger partial charge < -0.3 is 0 Å². The molecule has 1 aliphatic rings. The van der Waals surface area contributed by atoms with Gasteiger partial charge in [0, 0.05) is 0 Å². The molecule has 0 aromatic rings. The monoisotopic (exact) mass is 280 g/mol. The second kappa shape index (κ2) is 7.85. The maximum absolute atomic E-state index is 2.59. The van der Waals surface area contributed by atoms with Crippen molar-refractivity contribution in [1.82, 2.24) is 0 Å². The first-order valence-electron chi connectivity index (χ1n) is 9.41. The van der Waals surface area contributed by atoms with Gasteiger partial charge in [-0.05, 0) is 35.0 Å². The molecule has 0 aromatic carbocycles. The Morgan fingerprint density at radius 2 is 1.55 bits per heavy atom. The van der Waals surface area contributed by atoms with E-state index in [1.165, 1.54) is 44.9 Å². The normalized spacial score (nSPS) is 32.4. The van der Waals surface area contributed by atoms with Crippen molar-refractivity contribution in [2.75, 3.05) is 0 Å². The topological polar surface area (TPSA) is 0 Å². The minimum atomic E-state index is 0.631. The van der Waals surface area contributed by atoms with Crippen molar-refractivity contribution in [2.45, 2.75) is 93.4 Å². The van der Waals surface area contributed by atoms with Crippen LogP contribution in [-0.2, 0) is 0 Å². The maximum Gasteiger partial charge on any atom is -0.0233 e. The zero-order chi connectivity index (χ0) is 15.3. The van der Waals surface area contributed by atoms with Gasteiger partial charge in [0.05, 0.1) is 0 Å². The second-order valence-corrected chi connectivity index (χ2v) is 8.12. The molecule has 0 spiro atoms. The van der Waals surface area contributed by atoms with Gasteiger partial charge in [0.25, 0.3) is 0 Å². The molecule has 0 bridgehead atoms. The number of unbranched alkanes of at least 4 members (excludes halogenated alkanes) is 4. The van der Waals surface area contributed by atoms with Crippen LogP contribution >= 0.6 is 0 Å². The third-order valence-corrected chi connectivity index (χ3v) is 6.54. The molecule has 20 heavy (non-hydrogen) atoms. The van der Waals surface area contributed by atoms with Gasteiger partial charge in [-0.25, -0.2) is 0 Å². The van der Waals surface area contributed by atoms with Crippen molar-refractivity contribution < 1.29 is 0 Å². The zero-order valence-corrected chi connectivity index (χ0v) is 15.3. The lowest BCUT2D eigenvalue weighted by atomic mass is 9.74. The highest BCUT2D eigenvalue weighted by atomic mass is 14.7. The average Bonchev–Trinajstić information content (AvgIpc) is 2.93. The molecule has 5 unspecified atom stereocenters. The molecule has 1 rings (SSSR count). The summed E-state index contributed by atoms with van der Waals surface area (Å²) in [6.07, 6.45) is 9.97. The van der Waals surface area contributed by atoms with Crippen LogP contribution < -0.4 is 0 Å². The highest BCUT2D eigenvalue weighted by Crippen LogP contribution is 2.68. The van der Waals surface area contributed by atoms with Crippen molar-refractivity contribution >= 4 is 0 Å². The second-order valence-electron chi connectivity index (χ2n) is 8.12. The summed E-state index contributed by atoms with van der Waals surface area (Å²) in [6.45, 7) is 17.2. The lowest BCUT2D eigenvalue weighted by Crippen LogP contribution is -2.24. The van der Waals surface area contributed by atoms with Crippen molar-refractivity contribution in [2.24, 2.45) is 35.0 Å². The minimum absolute atomic E-state index is 0.631. The van der Waals surface area contributed by atoms with E-state index in [9.17, 15) is 0 Å². The van der Waals surface area contributed by atoms with Gasteiger partial charge in [-0.3, -0.25) is 0 Å². The van der Waals surface area contributed by atoms with Crippen LogP contribution in [0, 0.1) is 35.0 Å². The Morgan fingerprint density at radius 3 is 2.00 bits per heavy atom. The highest BCUT2D eigenvalue weighted by Gasteiger charge is 2.62. The molecule has 0 radical (unpaired) electrons. The fourth-order valence-electron chi connectivity index (χ4n) is 5.40. The highest BCUT2D eigenvalue weighted by molar-refractivity contribution is 5.10. The summed E-state index contributed by atoms with van der Waals surface area (Å²) in [5.41, 5.74) is 0.631. The van der Waals surface area contributed by atoms with Crippen molar-refractivity contribution in [3.8, 4) is 0 Å². The molecule has 0 nitrogen and oxygen atoms in total. The fraction of sp³-hybridized carbons (Fsp3) is 1.00. The Hall–Kier alpha value is 0. The lowest BCUT2D eigenvalue weighted by Gasteiger charge is -2.31. The Morgan fingerprint density at radius 1 is 0.950 bits per heavy atom. The smallest absolute Gasteiger partial charge is 0.0233 e. The van der Waals surface area contributed by atoms with E-state index in [-0.39, 0.29) is 0 Å². The largest absolute Gasteiger partial charge is 0.0654 e. The first kappa shape index (κ1) is 18.1. The van der Waals surface area contributed by atoms with Crippen LogP contribution in [0.1, 0.15) is 93.4 Å². The minimum Gasteiger partial charge on any atom is -0.0654 e. The average molecular weight is 281 g/mol. The molecule has 0 heterocycles. The van der Waals surface area contributed by atoms with Crippen LogP contribution in [-0.4, -0.2) is 0 Å². The summed E-state index contributed by atoms with van der Waals surface area (Å²) >= 11 is 0. The molecule has 0 aromatic heterocycles. The third-order valence-electron chi connectivity index (χ3n) is 6.54. The van der Waals surface area contributed by atoms with E-state index in [0.717, 1.165) is 29.6 Å². The van der Waals surface area contributed by atoms with E-state index in [1.807, 2.05) is 0 Å². The van der Waals surface area contributed by atoms with Gasteiger partial charge in [-0.2, -0.15) is 0 Å². The first-order valence-corrected chi connectivity index (χ1v) is 9.41. The van der Waals surface area contributed by atoms with Crippen LogP contribution in [0.4, 0.5) is 0 Å². The summed E-state index contributed by atoms with van der Waals surface area (Å²) in [5, 5.41) is 0. The van der Waals surface area contributed by atoms with Gasteiger partial charge in [0.1, 0.15) is 0 Å². The van der Waals surface area contributed by atoms with Crippen molar-refractivity contribution in [1.29, 1.82) is 0 Å². The van der Waals surface area contributed by atoms with E-state index in [1.54, 1.807) is 0 Å². The molecule has 0 saturated heterocycles. The predicted molar refractivity (Wildman–Crippen MR) is 91.9 cm³/mol. The molecule has 0 heteroatoms. The molecule has 1 aliphatic carbocycles. The molecule has 1 saturated carbocycles. The van der Waals surface area contributed by atoms with E-state index in [0.29, 0.717) is 5.41 Å². The summed E-state index contributed by atoms with van der Waals surface area (Å²) in [6, 6.07) is 0. The molecular weight excluding hydrogens is 240 g/mol. The molecule has 120 valence electrons. The number of rotatable bonds is 10. The van der Waals surface area contributed by atoms with Crippen LogP contribution in [0.2, 0.25) is 0 Å². The van der Waals surface area contributed by atoms with Crippen LogP contribution in [0.5, 0.6) is 0 Å². The SMILES string of the molecule is CCCCCCCC(C)C(CC)C1(C)C(C)C1C(C)C. The molecule has 1 fully saturated rings. The quantitative estimate of drug-likeness (QED) is 0.380. The zero-order valence-electron chi connectivity index (χ0n) is 15.3. The van der Waals surface area contributed by atoms with E-state index < -0.39 is 0 Å². The van der Waals surface area contributed by atoms with Crippen LogP contribution in [0.3, 0.4) is 0 Å². The molecular formula is C20H40. The summed E-state index contributed by atoms with van der Waals surface area (Å²) in [5.74, 6) is 4.62. The van der Waals surface area contributed by atoms with Crippen molar-refractivity contribution in [3.63, 3.8) is 0 Å². The van der Waals surface area contributed by atoms with Gasteiger partial charge in [0.2, 0.25) is 0 Å². The Labute approximate surface area is 129 Å². The standard InChI is InChI=1S/C20H40/c1-8-10-11-12-13-14-16(5)18(9-2)20(7)17(6)19(20)15(3)4/h15-19H,8-14H2,1-7H3. The lowest BCUT2D eigenvalue weighted by molar-refractivity contribution is 0.178. The van der Waals surface area contributed by atoms with Gasteiger partial charge in [-0.15, -0.1) is 0 Å². The summed E-state index contributed by atoms with van der Waals surface area (Å²) in [4.78, 5) is 0. The maximum atomic E-state index is 2.59. The van der Waals surface area contributed by atoms with E-state index in [4.69, 9.17) is 0 Å². The third kappa shape index (κ3) is 3.80. The van der Waals surface area contributed by atoms with Gasteiger partial charge in [0.15, 0.2) is 0 Å². The Balaban J connectivity index is 2.46. The molecule has 0 N–H and O–H groups in total. The molecule has 0 amide bonds. The fourth-order valence-corrected chi connectivity index (χ4v) is 5.40. The predicted octanol–water partition coefficient (Wildman–Crippen LogP) is 6.94. The summed E-state index contributed by atoms with van der Waals surface area (Å²) in [7, 11) is 0. The molecule has 0 aliphatic heterocycles. The van der Waals surface area contributed by atoms with Gasteiger partial charge in [-0.1, -0.05) is 93.4 Å². The first-order chi connectivity index (χ1) is 9.41. The van der Waals surface area contributed by atoms with Gasteiger partial charge >= 0.3 is 0 Å². The Bertz CT molecular complexity index is 267. The number of hydrogen-bond donors (Lipinski definition) is 0. The van der Waals surface area contributed by atoms with Crippen LogP contribution in [0.25, 0.3) is 0 Å². The van der Waals surface area contributed by atoms with Crippen LogP contribution in [0.15, 0.2) is 0 Å². The molecule has 5 atom stereocenters. The number of hydrogen-bond acceptors (Lipinski definition) is 0. The summed E-state index contributed by atoms with van der Waals surface area (Å²) < 4.78 is 0. The van der Waals surface area contributed by atoms with Crippen molar-refractivity contribution in [3.05, 3.63) is 0 Å². The van der Waals surface area contributed by atoms with E-state index >= 15 is 0 Å².